The topological polar surface area (TPSA) is 69.0 Å². The van der Waals surface area contributed by atoms with Crippen molar-refractivity contribution < 1.29 is 23.1 Å². The molecule has 6 nitrogen and oxygen atoms in total. The van der Waals surface area contributed by atoms with E-state index in [9.17, 15) is 14.0 Å². The monoisotopic (exact) mass is 507 g/mol. The van der Waals surface area contributed by atoms with Gasteiger partial charge in [0.05, 0.1) is 17.0 Å². The lowest BCUT2D eigenvalue weighted by Crippen LogP contribution is -2.29. The fourth-order valence-corrected chi connectivity index (χ4v) is 4.74. The summed E-state index contributed by atoms with van der Waals surface area (Å²) in [5, 5.41) is 0.368. The highest BCUT2D eigenvalue weighted by molar-refractivity contribution is 9.10. The Balaban J connectivity index is 1.52. The summed E-state index contributed by atoms with van der Waals surface area (Å²) in [6.07, 6.45) is 0. The second-order valence-electron chi connectivity index (χ2n) is 7.89. The summed E-state index contributed by atoms with van der Waals surface area (Å²) >= 11 is 3.39. The summed E-state index contributed by atoms with van der Waals surface area (Å²) in [5.41, 5.74) is 1.71. The Hall–Kier alpha value is -3.65. The van der Waals surface area contributed by atoms with Crippen molar-refractivity contribution in [3.63, 3.8) is 0 Å². The van der Waals surface area contributed by atoms with Gasteiger partial charge in [-0.25, -0.2) is 4.39 Å². The lowest BCUT2D eigenvalue weighted by molar-refractivity contribution is 0.0714. The van der Waals surface area contributed by atoms with Gasteiger partial charge in [-0.05, 0) is 53.6 Å². The van der Waals surface area contributed by atoms with Crippen LogP contribution in [0.15, 0.2) is 74.3 Å². The third-order valence-corrected chi connectivity index (χ3v) is 6.40. The first-order chi connectivity index (χ1) is 16.0. The fourth-order valence-electron chi connectivity index (χ4n) is 4.38. The highest BCUT2D eigenvalue weighted by atomic mass is 79.9. The van der Waals surface area contributed by atoms with Gasteiger partial charge in [0.25, 0.3) is 5.91 Å². The van der Waals surface area contributed by atoms with Gasteiger partial charge in [0.1, 0.15) is 11.4 Å². The van der Waals surface area contributed by atoms with E-state index in [2.05, 4.69) is 15.9 Å². The predicted octanol–water partition coefficient (Wildman–Crippen LogP) is 5.17. The van der Waals surface area contributed by atoms with Gasteiger partial charge in [-0.3, -0.25) is 9.59 Å². The number of carbonyl (C=O) groups is 1. The summed E-state index contributed by atoms with van der Waals surface area (Å²) in [4.78, 5) is 28.6. The Morgan fingerprint density at radius 1 is 0.970 bits per heavy atom. The zero-order valence-corrected chi connectivity index (χ0v) is 18.6. The molecule has 0 saturated heterocycles. The van der Waals surface area contributed by atoms with Crippen molar-refractivity contribution in [1.82, 2.24) is 4.90 Å². The first-order valence-corrected chi connectivity index (χ1v) is 11.0. The van der Waals surface area contributed by atoms with Crippen LogP contribution >= 0.6 is 15.9 Å². The van der Waals surface area contributed by atoms with Gasteiger partial charge in [0.15, 0.2) is 16.9 Å². The molecule has 0 fully saturated rings. The Morgan fingerprint density at radius 3 is 2.58 bits per heavy atom. The molecule has 0 spiro atoms. The molecule has 0 N–H and O–H groups in total. The van der Waals surface area contributed by atoms with Gasteiger partial charge < -0.3 is 18.8 Å². The van der Waals surface area contributed by atoms with Crippen LogP contribution in [0.3, 0.4) is 0 Å². The van der Waals surface area contributed by atoms with Crippen LogP contribution in [-0.2, 0) is 6.54 Å². The minimum absolute atomic E-state index is 0.00453. The van der Waals surface area contributed by atoms with E-state index < -0.39 is 17.8 Å². The zero-order valence-electron chi connectivity index (χ0n) is 17.0. The maximum absolute atomic E-state index is 13.7. The van der Waals surface area contributed by atoms with Crippen molar-refractivity contribution in [2.75, 3.05) is 6.79 Å². The van der Waals surface area contributed by atoms with E-state index in [4.69, 9.17) is 13.9 Å². The third kappa shape index (κ3) is 3.21. The van der Waals surface area contributed by atoms with Gasteiger partial charge in [0.2, 0.25) is 12.6 Å². The second-order valence-corrected chi connectivity index (χ2v) is 8.80. The summed E-state index contributed by atoms with van der Waals surface area (Å²) < 4.78 is 31.1. The summed E-state index contributed by atoms with van der Waals surface area (Å²) in [5.74, 6) is 0.433. The molecule has 0 unspecified atom stereocenters. The van der Waals surface area contributed by atoms with E-state index in [0.29, 0.717) is 28.0 Å². The summed E-state index contributed by atoms with van der Waals surface area (Å²) in [6, 6.07) is 15.6. The summed E-state index contributed by atoms with van der Waals surface area (Å²) in [7, 11) is 0. The molecule has 1 aromatic heterocycles. The third-order valence-electron chi connectivity index (χ3n) is 5.90. The van der Waals surface area contributed by atoms with Crippen LogP contribution in [0.1, 0.15) is 33.3 Å². The first kappa shape index (κ1) is 20.0. The Morgan fingerprint density at radius 2 is 1.76 bits per heavy atom. The molecule has 8 heteroatoms. The van der Waals surface area contributed by atoms with Gasteiger partial charge >= 0.3 is 0 Å². The molecule has 33 heavy (non-hydrogen) atoms. The van der Waals surface area contributed by atoms with Crippen molar-refractivity contribution in [2.45, 2.75) is 12.6 Å². The smallest absolute Gasteiger partial charge is 0.291 e. The van der Waals surface area contributed by atoms with E-state index in [1.165, 1.54) is 12.1 Å². The number of rotatable bonds is 3. The number of carbonyl (C=O) groups excluding carboxylic acids is 1. The van der Waals surface area contributed by atoms with Gasteiger partial charge in [-0.15, -0.1) is 0 Å². The van der Waals surface area contributed by atoms with Crippen LogP contribution in [0.25, 0.3) is 11.0 Å². The Kier molecular flexibility index (Phi) is 4.51. The number of hydrogen-bond acceptors (Lipinski definition) is 5. The van der Waals surface area contributed by atoms with Gasteiger partial charge in [-0.2, -0.15) is 0 Å². The molecule has 0 bridgehead atoms. The maximum Gasteiger partial charge on any atom is 0.291 e. The minimum Gasteiger partial charge on any atom is -0.454 e. The van der Waals surface area contributed by atoms with Gasteiger partial charge in [-0.1, -0.05) is 34.1 Å². The number of nitrogens with zero attached hydrogens (tertiary/aromatic N) is 1. The number of amides is 1. The molecule has 2 aliphatic heterocycles. The van der Waals surface area contributed by atoms with Crippen LogP contribution in [0, 0.1) is 5.82 Å². The molecule has 1 amide bonds. The van der Waals surface area contributed by atoms with Crippen LogP contribution in [0.4, 0.5) is 4.39 Å². The molecular weight excluding hydrogens is 493 g/mol. The molecule has 164 valence electrons. The Labute approximate surface area is 195 Å². The number of ether oxygens (including phenoxy) is 2. The van der Waals surface area contributed by atoms with E-state index in [1.807, 2.05) is 12.1 Å². The van der Waals surface area contributed by atoms with E-state index in [1.54, 1.807) is 41.3 Å². The van der Waals surface area contributed by atoms with Crippen molar-refractivity contribution >= 4 is 32.8 Å². The minimum atomic E-state index is -0.724. The SMILES string of the molecule is O=C1c2oc3ccc(Br)cc3c(=O)c2[C@H](c2ccc(F)cc2)N1Cc1ccc2c(c1)OCO2. The fraction of sp³-hybridized carbons (Fsp3) is 0.120. The zero-order chi connectivity index (χ0) is 22.7. The van der Waals surface area contributed by atoms with Crippen LogP contribution in [-0.4, -0.2) is 17.6 Å². The average molecular weight is 508 g/mol. The molecule has 0 saturated carbocycles. The molecule has 2 aliphatic rings. The lowest BCUT2D eigenvalue weighted by Gasteiger charge is -2.25. The number of halogens is 2. The highest BCUT2D eigenvalue weighted by Gasteiger charge is 2.42. The standard InChI is InChI=1S/C25H15BrFNO5/c26-15-4-8-18-17(10-15)23(29)21-22(14-2-5-16(27)6-3-14)28(25(30)24(21)33-18)11-13-1-7-19-20(9-13)32-12-31-19/h1-10,22H,11-12H2/t22-/m0/s1. The van der Waals surface area contributed by atoms with E-state index >= 15 is 0 Å². The number of fused-ring (bicyclic) bond motifs is 3. The molecular formula is C25H15BrFNO5. The number of hydrogen-bond donors (Lipinski definition) is 0. The molecule has 0 radical (unpaired) electrons. The number of benzene rings is 3. The van der Waals surface area contributed by atoms with E-state index in [0.717, 1.165) is 10.0 Å². The Bertz CT molecular complexity index is 1500. The largest absolute Gasteiger partial charge is 0.454 e. The van der Waals surface area contributed by atoms with Crippen molar-refractivity contribution in [2.24, 2.45) is 0 Å². The molecule has 6 rings (SSSR count). The normalized spacial score (nSPS) is 16.5. The molecule has 1 atom stereocenters. The van der Waals surface area contributed by atoms with Crippen molar-refractivity contribution in [1.29, 1.82) is 0 Å². The quantitative estimate of drug-likeness (QED) is 0.382. The molecule has 3 heterocycles. The predicted molar refractivity (Wildman–Crippen MR) is 121 cm³/mol. The molecule has 0 aliphatic carbocycles. The first-order valence-electron chi connectivity index (χ1n) is 10.2. The molecule has 4 aromatic rings. The highest BCUT2D eigenvalue weighted by Crippen LogP contribution is 2.40. The lowest BCUT2D eigenvalue weighted by atomic mass is 9.98. The molecule has 3 aromatic carbocycles. The van der Waals surface area contributed by atoms with Crippen LogP contribution < -0.4 is 14.9 Å². The second kappa shape index (κ2) is 7.45. The van der Waals surface area contributed by atoms with Gasteiger partial charge in [0, 0.05) is 11.0 Å². The van der Waals surface area contributed by atoms with Crippen LogP contribution in [0.5, 0.6) is 11.5 Å². The van der Waals surface area contributed by atoms with E-state index in [-0.39, 0.29) is 30.1 Å². The summed E-state index contributed by atoms with van der Waals surface area (Å²) in [6.45, 7) is 0.340. The maximum atomic E-state index is 13.7. The van der Waals surface area contributed by atoms with Crippen molar-refractivity contribution in [3.8, 4) is 11.5 Å². The average Bonchev–Trinajstić information content (AvgIpc) is 3.38. The van der Waals surface area contributed by atoms with Crippen molar-refractivity contribution in [3.05, 3.63) is 104 Å². The van der Waals surface area contributed by atoms with Crippen LogP contribution in [0.2, 0.25) is 0 Å².